The van der Waals surface area contributed by atoms with Crippen molar-refractivity contribution in [3.05, 3.63) is 65.9 Å². The van der Waals surface area contributed by atoms with Gasteiger partial charge in [-0.05, 0) is 73.2 Å². The van der Waals surface area contributed by atoms with E-state index in [2.05, 4.69) is 41.5 Å². The van der Waals surface area contributed by atoms with Gasteiger partial charge in [0.05, 0.1) is 6.61 Å². The van der Waals surface area contributed by atoms with Crippen LogP contribution in [0.5, 0.6) is 0 Å². The second kappa shape index (κ2) is 13.0. The molecule has 212 valence electrons. The fraction of sp³-hybridized carbons (Fsp3) is 0.406. The molecule has 4 rings (SSSR count). The first-order valence-corrected chi connectivity index (χ1v) is 14.0. The zero-order chi connectivity index (χ0) is 28.8. The predicted molar refractivity (Wildman–Crippen MR) is 164 cm³/mol. The van der Waals surface area contributed by atoms with Gasteiger partial charge in [0.1, 0.15) is 5.82 Å². The number of carbonyl (C=O) groups excluding carboxylic acids is 1. The van der Waals surface area contributed by atoms with Gasteiger partial charge in [-0.15, -0.1) is 0 Å². The van der Waals surface area contributed by atoms with E-state index < -0.39 is 5.97 Å². The number of hydrogen-bond donors (Lipinski definition) is 2. The topological polar surface area (TPSA) is 90.8 Å². The molecule has 2 N–H and O–H groups in total. The molecule has 1 fully saturated rings. The molecule has 0 radical (unpaired) electrons. The van der Waals surface area contributed by atoms with Gasteiger partial charge in [0, 0.05) is 68.7 Å². The van der Waals surface area contributed by atoms with E-state index in [0.717, 1.165) is 54.2 Å². The second-order valence-electron chi connectivity index (χ2n) is 10.6. The minimum Gasteiger partial charge on any atom is -0.461 e. The van der Waals surface area contributed by atoms with Crippen LogP contribution in [0.25, 0.3) is 11.1 Å². The highest BCUT2D eigenvalue weighted by Gasteiger charge is 2.24. The van der Waals surface area contributed by atoms with Gasteiger partial charge in [0.25, 0.3) is 0 Å². The average molecular weight is 544 g/mol. The van der Waals surface area contributed by atoms with Crippen LogP contribution in [0.4, 0.5) is 22.9 Å². The molecule has 1 aromatic heterocycles. The fourth-order valence-electron chi connectivity index (χ4n) is 4.89. The number of rotatable bonds is 10. The van der Waals surface area contributed by atoms with Gasteiger partial charge in [-0.3, -0.25) is 0 Å². The minimum atomic E-state index is -0.493. The summed E-state index contributed by atoms with van der Waals surface area (Å²) in [6, 6.07) is 18.5. The Morgan fingerprint density at radius 3 is 2.40 bits per heavy atom. The minimum absolute atomic E-state index is 0.0541. The monoisotopic (exact) mass is 543 g/mol. The molecule has 0 atom stereocenters. The average Bonchev–Trinajstić information content (AvgIpc) is 2.96. The first-order chi connectivity index (χ1) is 19.2. The summed E-state index contributed by atoms with van der Waals surface area (Å²) >= 11 is 0. The van der Waals surface area contributed by atoms with Gasteiger partial charge in [-0.2, -0.15) is 0 Å². The third-order valence-electron chi connectivity index (χ3n) is 7.30. The van der Waals surface area contributed by atoms with Crippen molar-refractivity contribution >= 4 is 34.6 Å². The van der Waals surface area contributed by atoms with Crippen molar-refractivity contribution in [2.45, 2.75) is 39.7 Å². The molecule has 0 unspecified atom stereocenters. The molecule has 0 aliphatic carbocycles. The molecule has 0 bridgehead atoms. The van der Waals surface area contributed by atoms with E-state index in [9.17, 15) is 4.79 Å². The summed E-state index contributed by atoms with van der Waals surface area (Å²) in [7, 11) is 6.10. The van der Waals surface area contributed by atoms with Gasteiger partial charge in [0.2, 0.25) is 0 Å². The summed E-state index contributed by atoms with van der Waals surface area (Å²) in [5.74, 6) is -0.0903. The Hall–Kier alpha value is -3.91. The van der Waals surface area contributed by atoms with E-state index in [-0.39, 0.29) is 18.2 Å². The molecule has 0 amide bonds. The van der Waals surface area contributed by atoms with Gasteiger partial charge >= 0.3 is 5.97 Å². The lowest BCUT2D eigenvalue weighted by Crippen LogP contribution is -2.36. The number of esters is 1. The van der Waals surface area contributed by atoms with Gasteiger partial charge in [-0.1, -0.05) is 32.0 Å². The van der Waals surface area contributed by atoms with E-state index in [1.165, 1.54) is 0 Å². The lowest BCUT2D eigenvalue weighted by atomic mass is 9.91. The first kappa shape index (κ1) is 29.1. The predicted octanol–water partition coefficient (Wildman–Crippen LogP) is 6.37. The number of ether oxygens (including phenoxy) is 2. The van der Waals surface area contributed by atoms with Crippen LogP contribution in [0.3, 0.4) is 0 Å². The maximum absolute atomic E-state index is 12.9. The summed E-state index contributed by atoms with van der Waals surface area (Å²) in [5.41, 5.74) is 5.94. The highest BCUT2D eigenvalue weighted by Crippen LogP contribution is 2.35. The van der Waals surface area contributed by atoms with Crippen LogP contribution >= 0.6 is 0 Å². The summed E-state index contributed by atoms with van der Waals surface area (Å²) in [6.07, 6.45) is 2.01. The van der Waals surface area contributed by atoms with Gasteiger partial charge in [0.15, 0.2) is 5.69 Å². The van der Waals surface area contributed by atoms with Gasteiger partial charge < -0.3 is 30.0 Å². The molecule has 0 saturated carbocycles. The molecule has 2 aromatic carbocycles. The van der Waals surface area contributed by atoms with Crippen molar-refractivity contribution in [3.63, 3.8) is 0 Å². The maximum atomic E-state index is 12.9. The second-order valence-corrected chi connectivity index (χ2v) is 10.6. The quantitative estimate of drug-likeness (QED) is 0.227. The standard InChI is InChI=1S/C32H41N5O3/c1-7-40-32(38)28-20-27(22-11-13-24(14-12-22)37(6)25-15-17-39-18-16-25)29(30(33)21(2)3)31(35-28)34-23-9-8-10-26(19-23)36(4)5/h8-14,19-21,25,33H,7,15-18H2,1-6H3,(H,34,35). The molecule has 3 aromatic rings. The summed E-state index contributed by atoms with van der Waals surface area (Å²) in [6.45, 7) is 7.59. The summed E-state index contributed by atoms with van der Waals surface area (Å²) in [4.78, 5) is 22.0. The summed E-state index contributed by atoms with van der Waals surface area (Å²) in [5, 5.41) is 12.5. The van der Waals surface area contributed by atoms with Crippen LogP contribution in [0, 0.1) is 11.3 Å². The molecule has 1 saturated heterocycles. The number of nitrogens with zero attached hydrogens (tertiary/aromatic N) is 3. The van der Waals surface area contributed by atoms with E-state index in [1.807, 2.05) is 57.1 Å². The Kier molecular flexibility index (Phi) is 9.42. The zero-order valence-electron chi connectivity index (χ0n) is 24.5. The van der Waals surface area contributed by atoms with Crippen molar-refractivity contribution < 1.29 is 14.3 Å². The zero-order valence-corrected chi connectivity index (χ0v) is 24.5. The maximum Gasteiger partial charge on any atom is 0.357 e. The highest BCUT2D eigenvalue weighted by atomic mass is 16.5. The third kappa shape index (κ3) is 6.62. The molecule has 2 heterocycles. The number of pyridine rings is 1. The first-order valence-electron chi connectivity index (χ1n) is 14.0. The Morgan fingerprint density at radius 2 is 1.77 bits per heavy atom. The van der Waals surface area contributed by atoms with Gasteiger partial charge in [-0.25, -0.2) is 9.78 Å². The van der Waals surface area contributed by atoms with Crippen LogP contribution in [0.15, 0.2) is 54.6 Å². The normalized spacial score (nSPS) is 13.7. The Labute approximate surface area is 237 Å². The molecule has 0 spiro atoms. The number of nitrogens with one attached hydrogen (secondary N) is 2. The van der Waals surface area contributed by atoms with Crippen LogP contribution in [-0.2, 0) is 9.47 Å². The van der Waals surface area contributed by atoms with Crippen LogP contribution < -0.4 is 15.1 Å². The fourth-order valence-corrected chi connectivity index (χ4v) is 4.89. The molecule has 8 nitrogen and oxygen atoms in total. The van der Waals surface area contributed by atoms with E-state index >= 15 is 0 Å². The Balaban J connectivity index is 1.82. The van der Waals surface area contributed by atoms with Crippen LogP contribution in [0.1, 0.15) is 49.7 Å². The van der Waals surface area contributed by atoms with E-state index in [1.54, 1.807) is 13.0 Å². The third-order valence-corrected chi connectivity index (χ3v) is 7.30. The molecule has 8 heteroatoms. The molecular formula is C32H41N5O3. The van der Waals surface area contributed by atoms with Crippen LogP contribution in [0.2, 0.25) is 0 Å². The van der Waals surface area contributed by atoms with Crippen LogP contribution in [-0.4, -0.2) is 63.7 Å². The van der Waals surface area contributed by atoms with Crippen molar-refractivity contribution in [1.82, 2.24) is 4.98 Å². The number of carbonyl (C=O) groups is 1. The molecular weight excluding hydrogens is 502 g/mol. The molecule has 40 heavy (non-hydrogen) atoms. The van der Waals surface area contributed by atoms with E-state index in [4.69, 9.17) is 19.9 Å². The number of hydrogen-bond acceptors (Lipinski definition) is 8. The van der Waals surface area contributed by atoms with Crippen molar-refractivity contribution in [1.29, 1.82) is 5.41 Å². The lowest BCUT2D eigenvalue weighted by molar-refractivity contribution is 0.0519. The summed E-state index contributed by atoms with van der Waals surface area (Å²) < 4.78 is 10.9. The van der Waals surface area contributed by atoms with Crippen molar-refractivity contribution in [2.75, 3.05) is 56.1 Å². The van der Waals surface area contributed by atoms with Crippen molar-refractivity contribution in [2.24, 2.45) is 5.92 Å². The van der Waals surface area contributed by atoms with Crippen molar-refractivity contribution in [3.8, 4) is 11.1 Å². The molecule has 1 aliphatic heterocycles. The lowest BCUT2D eigenvalue weighted by Gasteiger charge is -2.33. The number of aromatic nitrogens is 1. The highest BCUT2D eigenvalue weighted by molar-refractivity contribution is 6.10. The van der Waals surface area contributed by atoms with E-state index in [0.29, 0.717) is 23.1 Å². The smallest absolute Gasteiger partial charge is 0.357 e. The number of anilines is 4. The Morgan fingerprint density at radius 1 is 1.07 bits per heavy atom. The SMILES string of the molecule is CCOC(=O)c1cc(-c2ccc(N(C)C3CCOCC3)cc2)c(C(=N)C(C)C)c(Nc2cccc(N(C)C)c2)n1. The Bertz CT molecular complexity index is 1330. The number of benzene rings is 2. The molecule has 1 aliphatic rings. The largest absolute Gasteiger partial charge is 0.461 e.